The number of rotatable bonds is 3. The van der Waals surface area contributed by atoms with Gasteiger partial charge in [0.1, 0.15) is 0 Å². The molecule has 6 heteroatoms. The summed E-state index contributed by atoms with van der Waals surface area (Å²) >= 11 is 0. The number of sulfone groups is 1. The summed E-state index contributed by atoms with van der Waals surface area (Å²) in [4.78, 5) is 1.87. The van der Waals surface area contributed by atoms with E-state index in [9.17, 15) is 13.5 Å². The quantitative estimate of drug-likeness (QED) is 0.907. The van der Waals surface area contributed by atoms with Gasteiger partial charge < -0.3 is 10.0 Å². The van der Waals surface area contributed by atoms with Crippen molar-refractivity contribution in [3.05, 3.63) is 29.3 Å². The van der Waals surface area contributed by atoms with E-state index in [-0.39, 0.29) is 17.5 Å². The Labute approximate surface area is 119 Å². The van der Waals surface area contributed by atoms with Gasteiger partial charge in [0.15, 0.2) is 9.84 Å². The van der Waals surface area contributed by atoms with Crippen molar-refractivity contribution in [2.75, 3.05) is 23.5 Å². The highest BCUT2D eigenvalue weighted by atomic mass is 32.2. The van der Waals surface area contributed by atoms with Gasteiger partial charge in [0, 0.05) is 24.3 Å². The van der Waals surface area contributed by atoms with Crippen molar-refractivity contribution in [2.24, 2.45) is 0 Å². The Morgan fingerprint density at radius 1 is 1.50 bits per heavy atom. The number of benzene rings is 1. The molecule has 2 atom stereocenters. The summed E-state index contributed by atoms with van der Waals surface area (Å²) in [6, 6.07) is 7.04. The Hall–Kier alpha value is -1.58. The lowest BCUT2D eigenvalue weighted by atomic mass is 10.0. The van der Waals surface area contributed by atoms with Gasteiger partial charge in [-0.2, -0.15) is 5.26 Å². The van der Waals surface area contributed by atoms with Crippen LogP contribution in [0.3, 0.4) is 0 Å². The molecule has 1 aliphatic heterocycles. The predicted octanol–water partition coefficient (Wildman–Crippen LogP) is 1.23. The molecule has 1 aliphatic rings. The molecule has 1 saturated heterocycles. The van der Waals surface area contributed by atoms with Crippen LogP contribution in [0.2, 0.25) is 0 Å². The first-order valence-corrected chi connectivity index (χ1v) is 8.31. The van der Waals surface area contributed by atoms with E-state index in [4.69, 9.17) is 5.26 Å². The van der Waals surface area contributed by atoms with Crippen LogP contribution in [-0.4, -0.2) is 38.1 Å². The second kappa shape index (κ2) is 5.43. The summed E-state index contributed by atoms with van der Waals surface area (Å²) in [5.74, 6) is 0.323. The maximum atomic E-state index is 11.6. The summed E-state index contributed by atoms with van der Waals surface area (Å²) in [5.41, 5.74) is 1.93. The monoisotopic (exact) mass is 294 g/mol. The van der Waals surface area contributed by atoms with Crippen LogP contribution in [0.5, 0.6) is 0 Å². The minimum absolute atomic E-state index is 0.105. The van der Waals surface area contributed by atoms with Crippen molar-refractivity contribution in [2.45, 2.75) is 25.5 Å². The maximum absolute atomic E-state index is 11.6. The minimum Gasteiger partial charge on any atom is -0.389 e. The smallest absolute Gasteiger partial charge is 0.152 e. The topological polar surface area (TPSA) is 81.4 Å². The highest BCUT2D eigenvalue weighted by molar-refractivity contribution is 7.91. The van der Waals surface area contributed by atoms with Gasteiger partial charge in [-0.1, -0.05) is 6.07 Å². The Balaban J connectivity index is 2.38. The van der Waals surface area contributed by atoms with Crippen LogP contribution in [0.4, 0.5) is 5.69 Å². The lowest BCUT2D eigenvalue weighted by Crippen LogP contribution is -2.33. The van der Waals surface area contributed by atoms with Gasteiger partial charge in [-0.15, -0.1) is 0 Å². The zero-order valence-corrected chi connectivity index (χ0v) is 12.4. The van der Waals surface area contributed by atoms with Crippen LogP contribution >= 0.6 is 0 Å². The van der Waals surface area contributed by atoms with Crippen molar-refractivity contribution in [3.63, 3.8) is 0 Å². The molecular weight excluding hydrogens is 276 g/mol. The third-order valence-corrected chi connectivity index (χ3v) is 5.50. The lowest BCUT2D eigenvalue weighted by Gasteiger charge is -2.29. The number of anilines is 1. The Bertz CT molecular complexity index is 647. The fourth-order valence-electron chi connectivity index (χ4n) is 2.55. The molecular formula is C14H18N2O3S. The highest BCUT2D eigenvalue weighted by Gasteiger charge is 2.31. The summed E-state index contributed by atoms with van der Waals surface area (Å²) in [7, 11) is -1.15. The van der Waals surface area contributed by atoms with E-state index in [2.05, 4.69) is 6.07 Å². The average Bonchev–Trinajstić information content (AvgIpc) is 2.77. The number of nitrogens with zero attached hydrogens (tertiary/aromatic N) is 2. The largest absolute Gasteiger partial charge is 0.389 e. The summed E-state index contributed by atoms with van der Waals surface area (Å²) in [5, 5.41) is 18.8. The highest BCUT2D eigenvalue weighted by Crippen LogP contribution is 2.30. The first-order valence-electron chi connectivity index (χ1n) is 6.49. The average molecular weight is 294 g/mol. The normalized spacial score (nSPS) is 22.2. The molecule has 2 rings (SSSR count). The van der Waals surface area contributed by atoms with Gasteiger partial charge in [0.2, 0.25) is 0 Å². The van der Waals surface area contributed by atoms with E-state index < -0.39 is 15.9 Å². The van der Waals surface area contributed by atoms with E-state index in [1.54, 1.807) is 25.1 Å². The van der Waals surface area contributed by atoms with Crippen LogP contribution in [0, 0.1) is 11.3 Å². The Kier molecular flexibility index (Phi) is 4.02. The third kappa shape index (κ3) is 2.94. The van der Waals surface area contributed by atoms with Crippen molar-refractivity contribution >= 4 is 15.5 Å². The number of aliphatic hydroxyl groups is 1. The van der Waals surface area contributed by atoms with Gasteiger partial charge in [0.05, 0.1) is 29.2 Å². The SMILES string of the molecule is CC(O)c1ccc(C#N)cc1N(C)C1CCS(=O)(=O)C1. The molecule has 1 heterocycles. The molecule has 0 aliphatic carbocycles. The molecule has 108 valence electrons. The van der Waals surface area contributed by atoms with Gasteiger partial charge in [-0.05, 0) is 25.5 Å². The van der Waals surface area contributed by atoms with Gasteiger partial charge in [-0.3, -0.25) is 0 Å². The zero-order chi connectivity index (χ0) is 14.9. The molecule has 1 N–H and O–H groups in total. The van der Waals surface area contributed by atoms with E-state index >= 15 is 0 Å². The second-order valence-corrected chi connectivity index (χ2v) is 7.46. The number of aliphatic hydroxyl groups excluding tert-OH is 1. The Morgan fingerprint density at radius 2 is 2.20 bits per heavy atom. The third-order valence-electron chi connectivity index (χ3n) is 3.75. The summed E-state index contributed by atoms with van der Waals surface area (Å²) < 4.78 is 23.2. The molecule has 5 nitrogen and oxygen atoms in total. The maximum Gasteiger partial charge on any atom is 0.152 e. The van der Waals surface area contributed by atoms with Crippen molar-refractivity contribution < 1.29 is 13.5 Å². The standard InChI is InChI=1S/C14H18N2O3S/c1-10(17)13-4-3-11(8-15)7-14(13)16(2)12-5-6-20(18,19)9-12/h3-4,7,10,12,17H,5-6,9H2,1-2H3. The first kappa shape index (κ1) is 14.8. The number of nitriles is 1. The molecule has 1 aromatic rings. The molecule has 20 heavy (non-hydrogen) atoms. The van der Waals surface area contributed by atoms with Gasteiger partial charge in [-0.25, -0.2) is 8.42 Å². The van der Waals surface area contributed by atoms with Crippen LogP contribution in [0.25, 0.3) is 0 Å². The van der Waals surface area contributed by atoms with E-state index in [1.165, 1.54) is 0 Å². The fourth-order valence-corrected chi connectivity index (χ4v) is 4.32. The number of hydrogen-bond acceptors (Lipinski definition) is 5. The first-order chi connectivity index (χ1) is 9.34. The van der Waals surface area contributed by atoms with Gasteiger partial charge >= 0.3 is 0 Å². The van der Waals surface area contributed by atoms with Crippen LogP contribution in [0.1, 0.15) is 30.6 Å². The van der Waals surface area contributed by atoms with Crippen LogP contribution in [-0.2, 0) is 9.84 Å². The lowest BCUT2D eigenvalue weighted by molar-refractivity contribution is 0.199. The minimum atomic E-state index is -2.97. The molecule has 0 amide bonds. The predicted molar refractivity (Wildman–Crippen MR) is 77.3 cm³/mol. The van der Waals surface area contributed by atoms with Crippen molar-refractivity contribution in [1.82, 2.24) is 0 Å². The second-order valence-electron chi connectivity index (χ2n) is 5.23. The van der Waals surface area contributed by atoms with Gasteiger partial charge in [0.25, 0.3) is 0 Å². The van der Waals surface area contributed by atoms with Crippen molar-refractivity contribution in [1.29, 1.82) is 5.26 Å². The molecule has 0 saturated carbocycles. The van der Waals surface area contributed by atoms with Crippen LogP contribution in [0.15, 0.2) is 18.2 Å². The van der Waals surface area contributed by atoms with Crippen molar-refractivity contribution in [3.8, 4) is 6.07 Å². The van der Waals surface area contributed by atoms with Crippen LogP contribution < -0.4 is 4.90 Å². The molecule has 0 aromatic heterocycles. The molecule has 2 unspecified atom stereocenters. The molecule has 0 bridgehead atoms. The number of hydrogen-bond donors (Lipinski definition) is 1. The Morgan fingerprint density at radius 3 is 2.70 bits per heavy atom. The van der Waals surface area contributed by atoms with E-state index in [0.717, 1.165) is 5.69 Å². The summed E-state index contributed by atoms with van der Waals surface area (Å²) in [6.07, 6.45) is -0.0901. The zero-order valence-electron chi connectivity index (χ0n) is 11.6. The van der Waals surface area contributed by atoms with E-state index in [1.807, 2.05) is 11.9 Å². The fraction of sp³-hybridized carbons (Fsp3) is 0.500. The molecule has 1 fully saturated rings. The molecule has 0 radical (unpaired) electrons. The van der Waals surface area contributed by atoms with E-state index in [0.29, 0.717) is 17.5 Å². The summed E-state index contributed by atoms with van der Waals surface area (Å²) in [6.45, 7) is 1.66. The molecule has 1 aromatic carbocycles. The molecule has 0 spiro atoms.